The Balaban J connectivity index is 2.50. The van der Waals surface area contributed by atoms with Crippen molar-refractivity contribution in [3.05, 3.63) is 28.2 Å². The van der Waals surface area contributed by atoms with Crippen molar-refractivity contribution in [3.8, 4) is 5.75 Å². The lowest BCUT2D eigenvalue weighted by molar-refractivity contribution is -0.148. The van der Waals surface area contributed by atoms with Crippen LogP contribution in [0.3, 0.4) is 0 Å². The van der Waals surface area contributed by atoms with Crippen molar-refractivity contribution >= 4 is 21.9 Å². The van der Waals surface area contributed by atoms with Crippen molar-refractivity contribution < 1.29 is 19.0 Å². The van der Waals surface area contributed by atoms with Gasteiger partial charge in [0, 0.05) is 4.47 Å². The Morgan fingerprint density at radius 1 is 1.35 bits per heavy atom. The number of carbonyl (C=O) groups is 1. The van der Waals surface area contributed by atoms with Crippen LogP contribution in [0, 0.1) is 0 Å². The lowest BCUT2D eigenvalue weighted by Crippen LogP contribution is -2.21. The van der Waals surface area contributed by atoms with Gasteiger partial charge < -0.3 is 19.9 Å². The van der Waals surface area contributed by atoms with Gasteiger partial charge in [-0.2, -0.15) is 0 Å². The van der Waals surface area contributed by atoms with E-state index in [1.807, 2.05) is 25.1 Å². The minimum Gasteiger partial charge on any atom is -0.494 e. The first-order valence-corrected chi connectivity index (χ1v) is 7.29. The normalized spacial score (nSPS) is 12.0. The maximum atomic E-state index is 11.1. The summed E-state index contributed by atoms with van der Waals surface area (Å²) >= 11 is 3.46. The van der Waals surface area contributed by atoms with Gasteiger partial charge in [-0.15, -0.1) is 0 Å². The predicted molar refractivity (Wildman–Crippen MR) is 79.7 cm³/mol. The molecule has 0 radical (unpaired) electrons. The van der Waals surface area contributed by atoms with Gasteiger partial charge in [0.2, 0.25) is 0 Å². The average Bonchev–Trinajstić information content (AvgIpc) is 2.39. The van der Waals surface area contributed by atoms with Gasteiger partial charge in [-0.1, -0.05) is 22.0 Å². The molecule has 112 valence electrons. The zero-order chi connectivity index (χ0) is 15.0. The predicted octanol–water partition coefficient (Wildman–Crippen LogP) is 2.43. The van der Waals surface area contributed by atoms with E-state index in [1.165, 1.54) is 0 Å². The second kappa shape index (κ2) is 8.94. The largest absolute Gasteiger partial charge is 0.494 e. The van der Waals surface area contributed by atoms with Gasteiger partial charge in [0.15, 0.2) is 0 Å². The Morgan fingerprint density at radius 2 is 2.10 bits per heavy atom. The minimum atomic E-state index is -0.384. The molecule has 5 nitrogen and oxygen atoms in total. The molecule has 0 aliphatic rings. The van der Waals surface area contributed by atoms with Gasteiger partial charge in [-0.05, 0) is 31.5 Å². The molecule has 0 amide bonds. The number of carbonyl (C=O) groups excluding carboxylic acids is 1. The van der Waals surface area contributed by atoms with E-state index in [0.717, 1.165) is 15.8 Å². The van der Waals surface area contributed by atoms with E-state index >= 15 is 0 Å². The monoisotopic (exact) mass is 345 g/mol. The zero-order valence-corrected chi connectivity index (χ0v) is 13.3. The molecule has 2 N–H and O–H groups in total. The summed E-state index contributed by atoms with van der Waals surface area (Å²) in [5, 5.41) is 0. The second-order valence-electron chi connectivity index (χ2n) is 4.04. The van der Waals surface area contributed by atoms with Crippen molar-refractivity contribution in [3.63, 3.8) is 0 Å². The van der Waals surface area contributed by atoms with E-state index in [4.69, 9.17) is 19.9 Å². The Kier molecular flexibility index (Phi) is 7.58. The van der Waals surface area contributed by atoms with Gasteiger partial charge >= 0.3 is 5.97 Å². The molecule has 1 aromatic carbocycles. The van der Waals surface area contributed by atoms with Crippen LogP contribution in [0.15, 0.2) is 22.7 Å². The molecule has 0 spiro atoms. The fourth-order valence-corrected chi connectivity index (χ4v) is 2.28. The highest BCUT2D eigenvalue weighted by molar-refractivity contribution is 9.10. The number of rotatable bonds is 8. The molecule has 0 saturated carbocycles. The second-order valence-corrected chi connectivity index (χ2v) is 4.90. The van der Waals surface area contributed by atoms with Gasteiger partial charge in [0.25, 0.3) is 0 Å². The molecule has 0 bridgehead atoms. The van der Waals surface area contributed by atoms with E-state index in [0.29, 0.717) is 13.2 Å². The van der Waals surface area contributed by atoms with Gasteiger partial charge in [0.1, 0.15) is 12.4 Å². The number of ether oxygens (including phenoxy) is 3. The van der Waals surface area contributed by atoms with E-state index in [-0.39, 0.29) is 25.2 Å². The summed E-state index contributed by atoms with van der Waals surface area (Å²) in [4.78, 5) is 11.1. The first-order chi connectivity index (χ1) is 9.58. The smallest absolute Gasteiger partial charge is 0.332 e. The summed E-state index contributed by atoms with van der Waals surface area (Å²) in [6, 6.07) is 5.28. The summed E-state index contributed by atoms with van der Waals surface area (Å²) < 4.78 is 16.3. The highest BCUT2D eigenvalue weighted by atomic mass is 79.9. The highest BCUT2D eigenvalue weighted by Crippen LogP contribution is 2.27. The first-order valence-electron chi connectivity index (χ1n) is 6.49. The number of benzene rings is 1. The summed E-state index contributed by atoms with van der Waals surface area (Å²) in [7, 11) is 0. The third kappa shape index (κ3) is 5.48. The third-order valence-electron chi connectivity index (χ3n) is 2.51. The molecule has 20 heavy (non-hydrogen) atoms. The van der Waals surface area contributed by atoms with E-state index in [1.54, 1.807) is 6.92 Å². The van der Waals surface area contributed by atoms with Crippen molar-refractivity contribution in [2.24, 2.45) is 5.73 Å². The fourth-order valence-electron chi connectivity index (χ4n) is 1.63. The Bertz CT molecular complexity index is 439. The van der Waals surface area contributed by atoms with E-state index in [2.05, 4.69) is 15.9 Å². The van der Waals surface area contributed by atoms with Crippen LogP contribution in [0.2, 0.25) is 0 Å². The molecule has 0 saturated heterocycles. The van der Waals surface area contributed by atoms with Crippen LogP contribution in [0.5, 0.6) is 5.75 Å². The molecular formula is C14H20BrNO4. The topological polar surface area (TPSA) is 70.8 Å². The lowest BCUT2D eigenvalue weighted by Gasteiger charge is -2.15. The van der Waals surface area contributed by atoms with Crippen molar-refractivity contribution in [1.29, 1.82) is 0 Å². The van der Waals surface area contributed by atoms with Crippen molar-refractivity contribution in [2.75, 3.05) is 26.4 Å². The van der Waals surface area contributed by atoms with Crippen LogP contribution in [0.1, 0.15) is 25.5 Å². The Labute approximate surface area is 127 Å². The van der Waals surface area contributed by atoms with E-state index in [9.17, 15) is 4.79 Å². The number of hydrogen-bond donors (Lipinski definition) is 1. The molecule has 0 aliphatic carbocycles. The molecule has 1 rings (SSSR count). The molecule has 1 atom stereocenters. The number of nitrogens with two attached hydrogens (primary N) is 1. The molecule has 0 heterocycles. The number of halogens is 1. The van der Waals surface area contributed by atoms with Crippen molar-refractivity contribution in [1.82, 2.24) is 0 Å². The van der Waals surface area contributed by atoms with Crippen LogP contribution in [-0.2, 0) is 14.3 Å². The fraction of sp³-hybridized carbons (Fsp3) is 0.500. The molecule has 0 aliphatic heterocycles. The molecule has 1 aromatic rings. The maximum Gasteiger partial charge on any atom is 0.332 e. The molecule has 0 fully saturated rings. The van der Waals surface area contributed by atoms with Crippen LogP contribution in [-0.4, -0.2) is 32.4 Å². The molecule has 6 heteroatoms. The van der Waals surface area contributed by atoms with Crippen LogP contribution in [0.25, 0.3) is 0 Å². The van der Waals surface area contributed by atoms with E-state index < -0.39 is 0 Å². The minimum absolute atomic E-state index is 0.0871. The molecular weight excluding hydrogens is 326 g/mol. The highest BCUT2D eigenvalue weighted by Gasteiger charge is 2.12. The zero-order valence-electron chi connectivity index (χ0n) is 11.7. The lowest BCUT2D eigenvalue weighted by atomic mass is 10.1. The van der Waals surface area contributed by atoms with Crippen LogP contribution in [0.4, 0.5) is 0 Å². The SMILES string of the molecule is CCOC(=O)COCC(N)c1ccc(OCC)cc1Br. The number of esters is 1. The van der Waals surface area contributed by atoms with Crippen LogP contribution >= 0.6 is 15.9 Å². The third-order valence-corrected chi connectivity index (χ3v) is 3.19. The first kappa shape index (κ1) is 16.9. The Morgan fingerprint density at radius 3 is 2.70 bits per heavy atom. The quantitative estimate of drug-likeness (QED) is 0.732. The van der Waals surface area contributed by atoms with Crippen LogP contribution < -0.4 is 10.5 Å². The number of hydrogen-bond acceptors (Lipinski definition) is 5. The molecule has 1 unspecified atom stereocenters. The summed E-state index contributed by atoms with van der Waals surface area (Å²) in [6.07, 6.45) is 0. The summed E-state index contributed by atoms with van der Waals surface area (Å²) in [5.41, 5.74) is 6.93. The maximum absolute atomic E-state index is 11.1. The molecule has 0 aromatic heterocycles. The van der Waals surface area contributed by atoms with Gasteiger partial charge in [0.05, 0.1) is 25.9 Å². The van der Waals surface area contributed by atoms with Gasteiger partial charge in [-0.25, -0.2) is 4.79 Å². The van der Waals surface area contributed by atoms with Gasteiger partial charge in [-0.3, -0.25) is 0 Å². The summed E-state index contributed by atoms with van der Waals surface area (Å²) in [6.45, 7) is 4.79. The summed E-state index contributed by atoms with van der Waals surface area (Å²) in [5.74, 6) is 0.397. The Hall–Kier alpha value is -1.11. The van der Waals surface area contributed by atoms with Crippen molar-refractivity contribution in [2.45, 2.75) is 19.9 Å². The average molecular weight is 346 g/mol. The standard InChI is InChI=1S/C14H20BrNO4/c1-3-19-10-5-6-11(12(15)7-10)13(16)8-18-9-14(17)20-4-2/h5-7,13H,3-4,8-9,16H2,1-2H3.